The number of aromatic hydroxyl groups is 3. The van der Waals surface area contributed by atoms with Gasteiger partial charge in [-0.1, -0.05) is 84.9 Å². The second-order valence-corrected chi connectivity index (χ2v) is 25.9. The SMILES string of the molecule is CC(=O)/C=C(/CC(N)=O)C(=O)O.CC(=O)CCCC(O)=C(C=NNC(=O)O)C(C)=O.CC(=O)CCNC(=O)c1ccc(C=O)[nH]1.CC(=O)CCNC(=O)c1ccc(C=O)cc1.CC(=O)OCc1ccc(N)cc1.CC(=O)OCc1ccc(O)cc1.CC(=O)OCc1ccc(O)cc1.Nc1ccc(CO)cc1.Nc1ccc(COC(=O)O)cc1.OCc1ccc(O)cc1. The van der Waals surface area contributed by atoms with Gasteiger partial charge in [-0.3, -0.25) is 57.5 Å². The van der Waals surface area contributed by atoms with E-state index in [1.165, 1.54) is 67.5 Å². The van der Waals surface area contributed by atoms with Crippen LogP contribution >= 0.6 is 0 Å². The summed E-state index contributed by atoms with van der Waals surface area (Å²) < 4.78 is 18.6. The smallest absolute Gasteiger partial charge is 0.506 e. The highest BCUT2D eigenvalue weighted by molar-refractivity contribution is 6.12. The number of nitrogens with two attached hydrogens (primary N) is 4. The molecule has 38 heteroatoms. The number of nitrogens with zero attached hydrogens (tertiary/aromatic N) is 1. The number of ether oxygens (including phenoxy) is 4. The molecule has 0 aliphatic rings. The van der Waals surface area contributed by atoms with Gasteiger partial charge in [0.05, 0.1) is 37.1 Å². The molecule has 0 bridgehead atoms. The van der Waals surface area contributed by atoms with Gasteiger partial charge in [-0.2, -0.15) is 5.10 Å². The second kappa shape index (κ2) is 66.7. The van der Waals surface area contributed by atoms with Gasteiger partial charge in [-0.15, -0.1) is 0 Å². The molecule has 0 fully saturated rings. The molecule has 1 heterocycles. The standard InChI is InChI=1S/C12H13NO3.C11H16N2O5.C10H12N2O3.C9H11NO2.2C9H10O3.C8H9NO3.C7H9NO4.C7H9NO.C7H8O2/c1-9(15)6-7-13-12(16)11-4-2-10(8-14)3-5-11;1-7(14)4-3-5-10(16)9(8(2)15)6-12-13-11(17)18;1-7(14)4-5-11-10(15)9-3-2-8(6-13)12-9;1-7(11)12-6-8-2-4-9(10)5-3-8;2*1-7(10)12-6-8-2-4-9(11)5-3-8;9-7-3-1-6(2-4-7)5-12-8(10)11;1-4(9)2-5(7(11)12)3-6(8)10;8-7-3-1-6(5-9)2-4-7;8-5-6-1-3-7(9)4-2-6/h2-5,8H,6-7H2,1H3,(H,13,16);6,13,16H,3-5H2,1-2H3,(H,17,18);2-3,6,12H,4-5H2,1H3,(H,11,15);2-5H,6,10H2,1H3;2*2-5,11H,6H2,1H3;1-4H,5,9H2,(H,10,11);2H,3H2,1H3,(H2,8,10)(H,11,12);1-4,9H,5,8H2;1-4,8-9H,5H2/b;;;;;;;5-2-;;. The van der Waals surface area contributed by atoms with Gasteiger partial charge in [0, 0.05) is 93.3 Å². The lowest BCUT2D eigenvalue weighted by Crippen LogP contribution is -2.25. The van der Waals surface area contributed by atoms with Crippen molar-refractivity contribution >= 4 is 119 Å². The number of aliphatic hydroxyl groups is 3. The van der Waals surface area contributed by atoms with Crippen LogP contribution in [0.2, 0.25) is 0 Å². The van der Waals surface area contributed by atoms with Gasteiger partial charge in [0.25, 0.3) is 11.8 Å². The molecule has 0 radical (unpaired) electrons. The maximum atomic E-state index is 11.5. The predicted molar refractivity (Wildman–Crippen MR) is 466 cm³/mol. The molecule has 1 aromatic heterocycles. The number of aliphatic carboxylic acids is 1. The van der Waals surface area contributed by atoms with Crippen molar-refractivity contribution < 1.29 is 142 Å². The zero-order chi connectivity index (χ0) is 96.4. The van der Waals surface area contributed by atoms with Crippen molar-refractivity contribution in [1.29, 1.82) is 0 Å². The summed E-state index contributed by atoms with van der Waals surface area (Å²) in [5, 5.41) is 86.8. The number of aromatic amines is 1. The third kappa shape index (κ3) is 62.8. The number of allylic oxidation sites excluding steroid dienone is 3. The molecule has 0 atom stereocenters. The summed E-state index contributed by atoms with van der Waals surface area (Å²) in [6.45, 7) is 12.6. The summed E-state index contributed by atoms with van der Waals surface area (Å²) >= 11 is 0. The first-order chi connectivity index (χ1) is 59.9. The summed E-state index contributed by atoms with van der Waals surface area (Å²) in [7, 11) is 0. The van der Waals surface area contributed by atoms with E-state index in [1.807, 2.05) is 12.1 Å². The molecule has 7 aromatic carbocycles. The molecule has 8 rings (SSSR count). The minimum atomic E-state index is -1.37. The van der Waals surface area contributed by atoms with Crippen LogP contribution in [-0.4, -0.2) is 166 Å². The van der Waals surface area contributed by atoms with E-state index in [0.29, 0.717) is 85.6 Å². The number of rotatable bonds is 31. The first-order valence-corrected chi connectivity index (χ1v) is 37.7. The molecule has 38 nitrogen and oxygen atoms in total. The van der Waals surface area contributed by atoms with Gasteiger partial charge in [-0.05, 0) is 178 Å². The van der Waals surface area contributed by atoms with Crippen LogP contribution in [0.5, 0.6) is 17.2 Å². The fraction of sp³-hybridized carbons (Fsp3) is 0.247. The van der Waals surface area contributed by atoms with Crippen molar-refractivity contribution in [2.24, 2.45) is 10.8 Å². The maximum absolute atomic E-state index is 11.5. The number of aliphatic hydroxyl groups excluding tert-OH is 3. The Balaban J connectivity index is 0. The first kappa shape index (κ1) is 113. The number of aromatic nitrogens is 1. The molecule has 0 saturated heterocycles. The van der Waals surface area contributed by atoms with E-state index in [4.69, 9.17) is 78.0 Å². The molecule has 0 aliphatic heterocycles. The lowest BCUT2D eigenvalue weighted by atomic mass is 10.1. The number of H-pyrrole nitrogens is 1. The topological polar surface area (TPSA) is 660 Å². The Morgan fingerprint density at radius 3 is 1.10 bits per heavy atom. The number of carbonyl (C=O) groups is 16. The maximum Gasteiger partial charge on any atom is 0.506 e. The number of nitrogens with one attached hydrogen (secondary N) is 4. The number of hydrogen-bond donors (Lipinski definition) is 17. The summed E-state index contributed by atoms with van der Waals surface area (Å²) in [6.07, 6.45) is 1.64. The third-order valence-corrected chi connectivity index (χ3v) is 14.7. The number of amides is 4. The molecular formula is C89H107N9O29. The van der Waals surface area contributed by atoms with Gasteiger partial charge in [0.1, 0.15) is 78.8 Å². The van der Waals surface area contributed by atoms with Crippen molar-refractivity contribution in [3.8, 4) is 17.2 Å². The van der Waals surface area contributed by atoms with Crippen molar-refractivity contribution in [1.82, 2.24) is 21.0 Å². The molecule has 0 spiro atoms. The van der Waals surface area contributed by atoms with Crippen molar-refractivity contribution in [2.75, 3.05) is 30.3 Å². The van der Waals surface area contributed by atoms with Gasteiger partial charge in [0.15, 0.2) is 17.9 Å². The number of phenolic OH excluding ortho intramolecular Hbond substituents is 3. The summed E-state index contributed by atoms with van der Waals surface area (Å²) in [5.41, 5.74) is 31.3. The van der Waals surface area contributed by atoms with Gasteiger partial charge in [0.2, 0.25) is 5.91 Å². The Morgan fingerprint density at radius 2 is 0.795 bits per heavy atom. The third-order valence-electron chi connectivity index (χ3n) is 14.7. The number of aldehydes is 2. The molecule has 0 unspecified atom stereocenters. The van der Waals surface area contributed by atoms with Gasteiger partial charge >= 0.3 is 36.1 Å². The number of carboxylic acid groups (broad SMARTS) is 3. The number of nitrogen functional groups attached to an aromatic ring is 3. The number of anilines is 3. The number of hydrogen-bond acceptors (Lipinski definition) is 30. The number of benzene rings is 7. The van der Waals surface area contributed by atoms with Crippen molar-refractivity contribution in [3.63, 3.8) is 0 Å². The molecule has 21 N–H and O–H groups in total. The van der Waals surface area contributed by atoms with E-state index in [9.17, 15) is 81.8 Å². The number of primary amides is 1. The Morgan fingerprint density at radius 1 is 0.433 bits per heavy atom. The highest BCUT2D eigenvalue weighted by Gasteiger charge is 2.13. The summed E-state index contributed by atoms with van der Waals surface area (Å²) in [5.74, 6) is -3.87. The van der Waals surface area contributed by atoms with Crippen molar-refractivity contribution in [2.45, 2.75) is 134 Å². The van der Waals surface area contributed by atoms with Crippen LogP contribution in [0.15, 0.2) is 210 Å². The molecule has 0 aliphatic carbocycles. The highest BCUT2D eigenvalue weighted by atomic mass is 16.7. The van der Waals surface area contributed by atoms with E-state index in [2.05, 4.69) is 25.5 Å². The van der Waals surface area contributed by atoms with E-state index < -0.39 is 42.1 Å². The monoisotopic (exact) mass is 1770 g/mol. The van der Waals surface area contributed by atoms with Crippen LogP contribution in [0.4, 0.5) is 26.7 Å². The summed E-state index contributed by atoms with van der Waals surface area (Å²) in [6, 6.07) is 50.0. The fourth-order valence-electron chi connectivity index (χ4n) is 8.35. The van der Waals surface area contributed by atoms with Crippen LogP contribution in [0.25, 0.3) is 0 Å². The van der Waals surface area contributed by atoms with E-state index in [1.54, 1.807) is 163 Å². The highest BCUT2D eigenvalue weighted by Crippen LogP contribution is 2.15. The van der Waals surface area contributed by atoms with E-state index >= 15 is 0 Å². The predicted octanol–water partition coefficient (Wildman–Crippen LogP) is 9.96. The number of hydrazone groups is 1. The fourth-order valence-corrected chi connectivity index (χ4v) is 8.35. The summed E-state index contributed by atoms with van der Waals surface area (Å²) in [4.78, 5) is 172. The zero-order valence-electron chi connectivity index (χ0n) is 71.0. The Kier molecular flexibility index (Phi) is 59.4. The first-order valence-electron chi connectivity index (χ1n) is 37.7. The number of esters is 3. The second-order valence-electron chi connectivity index (χ2n) is 25.9. The molecule has 8 aromatic rings. The average molecular weight is 1770 g/mol. The Labute approximate surface area is 730 Å². The van der Waals surface area contributed by atoms with Crippen LogP contribution in [0, 0.1) is 0 Å². The zero-order valence-corrected chi connectivity index (χ0v) is 71.0. The van der Waals surface area contributed by atoms with Gasteiger partial charge < -0.3 is 108 Å². The van der Waals surface area contributed by atoms with E-state index in [0.717, 1.165) is 57.6 Å². The van der Waals surface area contributed by atoms with Crippen molar-refractivity contribution in [3.05, 3.63) is 261 Å². The number of ketones is 5. The average Bonchev–Trinajstić information content (AvgIpc) is 1.47. The Bertz CT molecular complexity index is 4590. The molecule has 682 valence electrons. The van der Waals surface area contributed by atoms with Crippen LogP contribution in [0.3, 0.4) is 0 Å². The minimum Gasteiger partial charge on any atom is -0.512 e. The van der Waals surface area contributed by atoms with Crippen LogP contribution < -0.4 is 39.0 Å². The van der Waals surface area contributed by atoms with E-state index in [-0.39, 0.29) is 121 Å². The molecule has 127 heavy (non-hydrogen) atoms. The number of phenols is 3. The molecule has 4 amide bonds. The van der Waals surface area contributed by atoms with Crippen LogP contribution in [0.1, 0.15) is 169 Å². The quantitative estimate of drug-likeness (QED) is 0.00281. The van der Waals surface area contributed by atoms with Crippen LogP contribution in [-0.2, 0) is 107 Å². The number of carbonyl (C=O) groups excluding carboxylic acids is 13. The Hall–Kier alpha value is -16.0. The largest absolute Gasteiger partial charge is 0.512 e. The number of carboxylic acids is 1. The molecular weight excluding hydrogens is 1660 g/mol. The molecule has 0 saturated carbocycles. The van der Waals surface area contributed by atoms with Gasteiger partial charge in [-0.25, -0.2) is 19.8 Å². The number of Topliss-reactive ketones (excluding diaryl/α,β-unsaturated/α-hetero) is 4. The lowest BCUT2D eigenvalue weighted by Gasteiger charge is -2.03. The normalized spacial score (nSPS) is 9.98. The lowest BCUT2D eigenvalue weighted by molar-refractivity contribution is -0.143. The minimum absolute atomic E-state index is 0.00612.